The molecule has 0 bridgehead atoms. The first-order valence-corrected chi connectivity index (χ1v) is 6.15. The average Bonchev–Trinajstić information content (AvgIpc) is 3.12. The molecule has 1 aromatic heterocycles. The number of pyridine rings is 1. The number of nitrogens with one attached hydrogen (secondary N) is 1. The average molecular weight is 219 g/mol. The number of nitrogens with zero attached hydrogens (tertiary/aromatic N) is 2. The Kier molecular flexibility index (Phi) is 4.31. The lowest BCUT2D eigenvalue weighted by molar-refractivity contribution is 0.335. The fourth-order valence-electron chi connectivity index (χ4n) is 1.73. The molecular weight excluding hydrogens is 198 g/mol. The highest BCUT2D eigenvalue weighted by Crippen LogP contribution is 2.17. The van der Waals surface area contributed by atoms with Crippen molar-refractivity contribution >= 4 is 0 Å². The Labute approximate surface area is 97.9 Å². The van der Waals surface area contributed by atoms with E-state index >= 15 is 0 Å². The third-order valence-electron chi connectivity index (χ3n) is 3.04. The summed E-state index contributed by atoms with van der Waals surface area (Å²) in [6.45, 7) is 3.38. The number of hydrogen-bond acceptors (Lipinski definition) is 3. The van der Waals surface area contributed by atoms with Crippen LogP contribution in [0.2, 0.25) is 0 Å². The monoisotopic (exact) mass is 219 g/mol. The fraction of sp³-hybridized carbons (Fsp3) is 0.615. The molecule has 1 fully saturated rings. The lowest BCUT2D eigenvalue weighted by Crippen LogP contribution is -2.31. The van der Waals surface area contributed by atoms with Crippen LogP contribution in [0.4, 0.5) is 0 Å². The van der Waals surface area contributed by atoms with Gasteiger partial charge < -0.3 is 10.2 Å². The van der Waals surface area contributed by atoms with Gasteiger partial charge in [0.15, 0.2) is 0 Å². The van der Waals surface area contributed by atoms with Crippen LogP contribution >= 0.6 is 0 Å². The van der Waals surface area contributed by atoms with Crippen molar-refractivity contribution in [3.8, 4) is 0 Å². The first-order valence-electron chi connectivity index (χ1n) is 6.15. The second-order valence-corrected chi connectivity index (χ2v) is 4.64. The van der Waals surface area contributed by atoms with E-state index in [1.54, 1.807) is 0 Å². The van der Waals surface area contributed by atoms with E-state index in [0.29, 0.717) is 0 Å². The summed E-state index contributed by atoms with van der Waals surface area (Å²) in [6.07, 6.45) is 7.60. The predicted octanol–water partition coefficient (Wildman–Crippen LogP) is 1.31. The van der Waals surface area contributed by atoms with Crippen molar-refractivity contribution in [3.05, 3.63) is 30.1 Å². The van der Waals surface area contributed by atoms with Crippen LogP contribution in [-0.4, -0.2) is 42.6 Å². The SMILES string of the molecule is CN(CCNC1CC1)CCc1ccncc1. The van der Waals surface area contributed by atoms with Crippen LogP contribution in [0.15, 0.2) is 24.5 Å². The summed E-state index contributed by atoms with van der Waals surface area (Å²) in [4.78, 5) is 6.41. The molecule has 1 aliphatic rings. The third kappa shape index (κ3) is 4.29. The Hall–Kier alpha value is -0.930. The summed E-state index contributed by atoms with van der Waals surface area (Å²) in [5.74, 6) is 0. The van der Waals surface area contributed by atoms with E-state index in [0.717, 1.165) is 32.1 Å². The number of aromatic nitrogens is 1. The Balaban J connectivity index is 1.57. The van der Waals surface area contributed by atoms with Crippen molar-refractivity contribution in [2.24, 2.45) is 0 Å². The maximum Gasteiger partial charge on any atom is 0.0270 e. The van der Waals surface area contributed by atoms with Gasteiger partial charge in [-0.1, -0.05) is 0 Å². The van der Waals surface area contributed by atoms with Crippen molar-refractivity contribution in [2.45, 2.75) is 25.3 Å². The van der Waals surface area contributed by atoms with E-state index in [1.807, 2.05) is 12.4 Å². The molecule has 1 saturated carbocycles. The zero-order valence-corrected chi connectivity index (χ0v) is 10.0. The molecule has 3 heteroatoms. The highest BCUT2D eigenvalue weighted by atomic mass is 15.1. The molecule has 16 heavy (non-hydrogen) atoms. The highest BCUT2D eigenvalue weighted by molar-refractivity contribution is 5.09. The summed E-state index contributed by atoms with van der Waals surface area (Å²) in [7, 11) is 2.19. The van der Waals surface area contributed by atoms with Crippen LogP contribution < -0.4 is 5.32 Å². The summed E-state index contributed by atoms with van der Waals surface area (Å²) in [6, 6.07) is 5.01. The minimum atomic E-state index is 0.827. The predicted molar refractivity (Wildman–Crippen MR) is 66.5 cm³/mol. The lowest BCUT2D eigenvalue weighted by Gasteiger charge is -2.16. The molecule has 88 valence electrons. The highest BCUT2D eigenvalue weighted by Gasteiger charge is 2.19. The van der Waals surface area contributed by atoms with E-state index < -0.39 is 0 Å². The summed E-state index contributed by atoms with van der Waals surface area (Å²) in [5.41, 5.74) is 1.37. The first kappa shape index (κ1) is 11.6. The second kappa shape index (κ2) is 5.97. The maximum atomic E-state index is 4.02. The third-order valence-corrected chi connectivity index (χ3v) is 3.04. The molecule has 0 atom stereocenters. The molecule has 0 unspecified atom stereocenters. The molecule has 1 aromatic rings. The van der Waals surface area contributed by atoms with Gasteiger partial charge in [-0.05, 0) is 44.0 Å². The van der Waals surface area contributed by atoms with Crippen LogP contribution in [-0.2, 0) is 6.42 Å². The van der Waals surface area contributed by atoms with E-state index in [-0.39, 0.29) is 0 Å². The largest absolute Gasteiger partial charge is 0.313 e. The van der Waals surface area contributed by atoms with Gasteiger partial charge in [-0.3, -0.25) is 4.98 Å². The Bertz CT molecular complexity index is 295. The normalized spacial score (nSPS) is 15.6. The fourth-order valence-corrected chi connectivity index (χ4v) is 1.73. The topological polar surface area (TPSA) is 28.2 Å². The van der Waals surface area contributed by atoms with Gasteiger partial charge in [-0.15, -0.1) is 0 Å². The number of hydrogen-bond donors (Lipinski definition) is 1. The molecule has 0 aliphatic heterocycles. The Morgan fingerprint density at radius 3 is 2.75 bits per heavy atom. The van der Waals surface area contributed by atoms with E-state index in [2.05, 4.69) is 34.4 Å². The maximum absolute atomic E-state index is 4.02. The van der Waals surface area contributed by atoms with Gasteiger partial charge in [0, 0.05) is 38.1 Å². The Morgan fingerprint density at radius 2 is 2.06 bits per heavy atom. The molecule has 0 aromatic carbocycles. The molecule has 0 amide bonds. The van der Waals surface area contributed by atoms with Crippen molar-refractivity contribution < 1.29 is 0 Å². The van der Waals surface area contributed by atoms with E-state index in [9.17, 15) is 0 Å². The smallest absolute Gasteiger partial charge is 0.0270 e. The van der Waals surface area contributed by atoms with Gasteiger partial charge in [0.25, 0.3) is 0 Å². The summed E-state index contributed by atoms with van der Waals surface area (Å²) < 4.78 is 0. The zero-order chi connectivity index (χ0) is 11.2. The summed E-state index contributed by atoms with van der Waals surface area (Å²) in [5, 5.41) is 3.53. The van der Waals surface area contributed by atoms with Crippen molar-refractivity contribution in [2.75, 3.05) is 26.7 Å². The quantitative estimate of drug-likeness (QED) is 0.749. The molecule has 0 radical (unpaired) electrons. The molecule has 2 rings (SSSR count). The first-order chi connectivity index (χ1) is 7.84. The standard InChI is InChI=1S/C13H21N3/c1-16(11-9-15-13-2-3-13)10-6-12-4-7-14-8-5-12/h4-5,7-8,13,15H,2-3,6,9-11H2,1H3. The van der Waals surface area contributed by atoms with Crippen molar-refractivity contribution in [1.29, 1.82) is 0 Å². The van der Waals surface area contributed by atoms with Crippen LogP contribution in [0, 0.1) is 0 Å². The molecule has 0 spiro atoms. The van der Waals surface area contributed by atoms with E-state index in [1.165, 1.54) is 18.4 Å². The summed E-state index contributed by atoms with van der Waals surface area (Å²) >= 11 is 0. The van der Waals surface area contributed by atoms with Crippen LogP contribution in [0.5, 0.6) is 0 Å². The minimum absolute atomic E-state index is 0.827. The van der Waals surface area contributed by atoms with Crippen LogP contribution in [0.3, 0.4) is 0 Å². The van der Waals surface area contributed by atoms with Gasteiger partial charge in [0.2, 0.25) is 0 Å². The molecule has 1 aliphatic carbocycles. The Morgan fingerprint density at radius 1 is 1.31 bits per heavy atom. The van der Waals surface area contributed by atoms with Gasteiger partial charge in [-0.2, -0.15) is 0 Å². The van der Waals surface area contributed by atoms with Crippen LogP contribution in [0.25, 0.3) is 0 Å². The molecule has 1 heterocycles. The molecule has 0 saturated heterocycles. The number of likely N-dealkylation sites (N-methyl/N-ethyl adjacent to an activating group) is 1. The van der Waals surface area contributed by atoms with Crippen molar-refractivity contribution in [1.82, 2.24) is 15.2 Å². The van der Waals surface area contributed by atoms with Gasteiger partial charge in [0.1, 0.15) is 0 Å². The molecular formula is C13H21N3. The van der Waals surface area contributed by atoms with Crippen molar-refractivity contribution in [3.63, 3.8) is 0 Å². The molecule has 3 nitrogen and oxygen atoms in total. The van der Waals surface area contributed by atoms with Gasteiger partial charge in [0.05, 0.1) is 0 Å². The van der Waals surface area contributed by atoms with Crippen LogP contribution in [0.1, 0.15) is 18.4 Å². The van der Waals surface area contributed by atoms with Gasteiger partial charge in [-0.25, -0.2) is 0 Å². The zero-order valence-electron chi connectivity index (χ0n) is 10.0. The molecule has 1 N–H and O–H groups in total. The lowest BCUT2D eigenvalue weighted by atomic mass is 10.2. The van der Waals surface area contributed by atoms with Gasteiger partial charge >= 0.3 is 0 Å². The van der Waals surface area contributed by atoms with E-state index in [4.69, 9.17) is 0 Å². The second-order valence-electron chi connectivity index (χ2n) is 4.64. The minimum Gasteiger partial charge on any atom is -0.313 e. The number of rotatable bonds is 7.